The maximum atomic E-state index is 12.5. The van der Waals surface area contributed by atoms with Gasteiger partial charge in [0.25, 0.3) is 0 Å². The number of benzene rings is 1. The smallest absolute Gasteiger partial charge is 0.356 e. The lowest BCUT2D eigenvalue weighted by atomic mass is 10.1. The van der Waals surface area contributed by atoms with Crippen molar-refractivity contribution in [2.75, 3.05) is 6.61 Å². The van der Waals surface area contributed by atoms with Gasteiger partial charge in [-0.2, -0.15) is 5.10 Å². The van der Waals surface area contributed by atoms with Crippen molar-refractivity contribution in [1.82, 2.24) is 14.8 Å². The quantitative estimate of drug-likeness (QED) is 0.524. The van der Waals surface area contributed by atoms with Crippen LogP contribution in [0.2, 0.25) is 0 Å². The minimum Gasteiger partial charge on any atom is -0.453 e. The zero-order valence-electron chi connectivity index (χ0n) is 14.9. The van der Waals surface area contributed by atoms with Crippen LogP contribution in [0.4, 0.5) is 0 Å². The van der Waals surface area contributed by atoms with Crippen molar-refractivity contribution in [1.29, 1.82) is 0 Å². The number of nitrogens with one attached hydrogen (secondary N) is 1. The fraction of sp³-hybridized carbons (Fsp3) is 0.250. The number of nitrogens with zero attached hydrogens (tertiary/aromatic N) is 2. The number of hydrogen-bond donors (Lipinski definition) is 1. The van der Waals surface area contributed by atoms with Gasteiger partial charge >= 0.3 is 5.97 Å². The Morgan fingerprint density at radius 1 is 1.15 bits per heavy atom. The summed E-state index contributed by atoms with van der Waals surface area (Å²) >= 11 is 0. The highest BCUT2D eigenvalue weighted by atomic mass is 16.5. The molecule has 26 heavy (non-hydrogen) atoms. The number of rotatable bonds is 7. The Kier molecular flexibility index (Phi) is 5.31. The van der Waals surface area contributed by atoms with Crippen molar-refractivity contribution < 1.29 is 14.3 Å². The molecule has 0 bridgehead atoms. The van der Waals surface area contributed by atoms with Crippen LogP contribution in [0.25, 0.3) is 0 Å². The summed E-state index contributed by atoms with van der Waals surface area (Å²) in [6.45, 7) is 4.40. The van der Waals surface area contributed by atoms with Crippen molar-refractivity contribution >= 4 is 11.8 Å². The van der Waals surface area contributed by atoms with Gasteiger partial charge in [0.2, 0.25) is 5.78 Å². The maximum absolute atomic E-state index is 12.5. The number of aromatic amines is 1. The Balaban J connectivity index is 1.64. The Morgan fingerprint density at radius 3 is 2.62 bits per heavy atom. The van der Waals surface area contributed by atoms with E-state index < -0.39 is 5.97 Å². The van der Waals surface area contributed by atoms with Crippen LogP contribution in [-0.4, -0.2) is 33.1 Å². The highest BCUT2D eigenvalue weighted by Crippen LogP contribution is 2.17. The SMILES string of the molecule is Cc1cc(C(=O)COC(=O)c2ccn[nH]2)c(C)n1CCc1ccccc1. The Hall–Kier alpha value is -3.15. The molecule has 1 N–H and O–H groups in total. The summed E-state index contributed by atoms with van der Waals surface area (Å²) in [5.41, 5.74) is 3.98. The standard InChI is InChI=1S/C20H21N3O3/c1-14-12-17(19(24)13-26-20(25)18-8-10-21-22-18)15(2)23(14)11-9-16-6-4-3-5-7-16/h3-8,10,12H,9,11,13H2,1-2H3,(H,21,22). The van der Waals surface area contributed by atoms with Gasteiger partial charge < -0.3 is 9.30 Å². The van der Waals surface area contributed by atoms with Gasteiger partial charge in [-0.3, -0.25) is 9.89 Å². The number of hydrogen-bond acceptors (Lipinski definition) is 4. The molecule has 0 radical (unpaired) electrons. The van der Waals surface area contributed by atoms with Crippen molar-refractivity contribution in [3.05, 3.63) is 76.9 Å². The van der Waals surface area contributed by atoms with E-state index in [2.05, 4.69) is 26.9 Å². The van der Waals surface area contributed by atoms with Crippen LogP contribution < -0.4 is 0 Å². The first kappa shape index (κ1) is 17.7. The van der Waals surface area contributed by atoms with E-state index >= 15 is 0 Å². The number of aromatic nitrogens is 3. The molecule has 0 amide bonds. The van der Waals surface area contributed by atoms with Crippen molar-refractivity contribution in [2.24, 2.45) is 0 Å². The van der Waals surface area contributed by atoms with Crippen molar-refractivity contribution in [3.63, 3.8) is 0 Å². The second-order valence-electron chi connectivity index (χ2n) is 6.14. The first-order valence-electron chi connectivity index (χ1n) is 8.46. The maximum Gasteiger partial charge on any atom is 0.356 e. The van der Waals surface area contributed by atoms with E-state index in [1.54, 1.807) is 0 Å². The Bertz CT molecular complexity index is 896. The van der Waals surface area contributed by atoms with Crippen LogP contribution in [0.15, 0.2) is 48.7 Å². The number of carbonyl (C=O) groups is 2. The lowest BCUT2D eigenvalue weighted by Crippen LogP contribution is -2.15. The summed E-state index contributed by atoms with van der Waals surface area (Å²) in [6.07, 6.45) is 2.35. The highest BCUT2D eigenvalue weighted by Gasteiger charge is 2.18. The van der Waals surface area contributed by atoms with Gasteiger partial charge in [0, 0.05) is 29.7 Å². The zero-order chi connectivity index (χ0) is 18.5. The van der Waals surface area contributed by atoms with Crippen LogP contribution >= 0.6 is 0 Å². The summed E-state index contributed by atoms with van der Waals surface area (Å²) in [6, 6.07) is 13.6. The molecule has 0 fully saturated rings. The first-order valence-corrected chi connectivity index (χ1v) is 8.46. The number of ether oxygens (including phenoxy) is 1. The van der Waals surface area contributed by atoms with Gasteiger partial charge in [0.15, 0.2) is 6.61 Å². The average Bonchev–Trinajstić information content (AvgIpc) is 3.28. The van der Waals surface area contributed by atoms with Crippen LogP contribution in [0.5, 0.6) is 0 Å². The summed E-state index contributed by atoms with van der Waals surface area (Å²) < 4.78 is 7.19. The molecule has 3 rings (SSSR count). The predicted molar refractivity (Wildman–Crippen MR) is 97.3 cm³/mol. The zero-order valence-corrected chi connectivity index (χ0v) is 14.9. The van der Waals surface area contributed by atoms with E-state index in [0.29, 0.717) is 5.56 Å². The Labute approximate surface area is 151 Å². The molecule has 0 spiro atoms. The minimum absolute atomic E-state index is 0.211. The molecule has 0 aliphatic rings. The third-order valence-electron chi connectivity index (χ3n) is 4.40. The molecular formula is C20H21N3O3. The third-order valence-corrected chi connectivity index (χ3v) is 4.40. The van der Waals surface area contributed by atoms with Crippen LogP contribution in [0.1, 0.15) is 37.8 Å². The molecule has 0 aliphatic heterocycles. The lowest BCUT2D eigenvalue weighted by Gasteiger charge is -2.10. The minimum atomic E-state index is -0.589. The van der Waals surface area contributed by atoms with Gasteiger partial charge in [-0.1, -0.05) is 30.3 Å². The van der Waals surface area contributed by atoms with Gasteiger partial charge in [-0.15, -0.1) is 0 Å². The number of H-pyrrole nitrogens is 1. The largest absolute Gasteiger partial charge is 0.453 e. The summed E-state index contributed by atoms with van der Waals surface area (Å²) in [4.78, 5) is 24.3. The summed E-state index contributed by atoms with van der Waals surface area (Å²) in [7, 11) is 0. The van der Waals surface area contributed by atoms with Crippen molar-refractivity contribution in [3.8, 4) is 0 Å². The summed E-state index contributed by atoms with van der Waals surface area (Å²) in [5.74, 6) is -0.800. The molecule has 6 heteroatoms. The second kappa shape index (κ2) is 7.82. The van der Waals surface area contributed by atoms with Crippen molar-refractivity contribution in [2.45, 2.75) is 26.8 Å². The van der Waals surface area contributed by atoms with Gasteiger partial charge in [-0.05, 0) is 38.0 Å². The third kappa shape index (κ3) is 3.91. The topological polar surface area (TPSA) is 77.0 Å². The molecule has 0 saturated heterocycles. The lowest BCUT2D eigenvalue weighted by molar-refractivity contribution is 0.0468. The monoisotopic (exact) mass is 351 g/mol. The first-order chi connectivity index (χ1) is 12.6. The van der Waals surface area contributed by atoms with Crippen LogP contribution in [0, 0.1) is 13.8 Å². The summed E-state index contributed by atoms with van der Waals surface area (Å²) in [5, 5.41) is 6.21. The van der Waals surface area contributed by atoms with Gasteiger partial charge in [-0.25, -0.2) is 4.79 Å². The van der Waals surface area contributed by atoms with Gasteiger partial charge in [0.1, 0.15) is 5.69 Å². The molecule has 3 aromatic rings. The molecule has 0 aliphatic carbocycles. The van der Waals surface area contributed by atoms with Crippen LogP contribution in [-0.2, 0) is 17.7 Å². The fourth-order valence-corrected chi connectivity index (χ4v) is 2.97. The molecule has 0 atom stereocenters. The number of Topliss-reactive ketones (excluding diaryl/α,β-unsaturated/α-hetero) is 1. The molecular weight excluding hydrogens is 330 g/mol. The second-order valence-corrected chi connectivity index (χ2v) is 6.14. The fourth-order valence-electron chi connectivity index (χ4n) is 2.97. The van der Waals surface area contributed by atoms with Crippen LogP contribution in [0.3, 0.4) is 0 Å². The normalized spacial score (nSPS) is 10.7. The molecule has 1 aromatic carbocycles. The molecule has 2 aromatic heterocycles. The number of aryl methyl sites for hydroxylation is 2. The highest BCUT2D eigenvalue weighted by molar-refractivity contribution is 6.00. The van der Waals surface area contributed by atoms with E-state index in [1.165, 1.54) is 17.8 Å². The number of ketones is 1. The number of carbonyl (C=O) groups excluding carboxylic acids is 2. The molecule has 134 valence electrons. The average molecular weight is 351 g/mol. The predicted octanol–water partition coefficient (Wildman–Crippen LogP) is 3.11. The van der Waals surface area contributed by atoms with E-state index in [-0.39, 0.29) is 18.1 Å². The van der Waals surface area contributed by atoms with E-state index in [1.807, 2.05) is 38.1 Å². The molecule has 0 saturated carbocycles. The molecule has 2 heterocycles. The number of esters is 1. The van der Waals surface area contributed by atoms with E-state index in [4.69, 9.17) is 4.74 Å². The van der Waals surface area contributed by atoms with E-state index in [0.717, 1.165) is 24.4 Å². The van der Waals surface area contributed by atoms with Gasteiger partial charge in [0.05, 0.1) is 0 Å². The van der Waals surface area contributed by atoms with E-state index in [9.17, 15) is 9.59 Å². The Morgan fingerprint density at radius 2 is 1.92 bits per heavy atom. The molecule has 0 unspecified atom stereocenters. The molecule has 6 nitrogen and oxygen atoms in total.